The SMILES string of the molecule is CN(Cc1ccccc1CN1CCCC1)C(=O)c1c[nH]c(=O)[nH]1. The molecular weight excluding hydrogens is 292 g/mol. The molecule has 1 aromatic carbocycles. The van der Waals surface area contributed by atoms with Crippen LogP contribution in [0.25, 0.3) is 0 Å². The van der Waals surface area contributed by atoms with E-state index in [4.69, 9.17) is 0 Å². The third-order valence-electron chi connectivity index (χ3n) is 4.29. The van der Waals surface area contributed by atoms with E-state index in [9.17, 15) is 9.59 Å². The van der Waals surface area contributed by atoms with Crippen molar-refractivity contribution in [2.24, 2.45) is 0 Å². The van der Waals surface area contributed by atoms with Crippen molar-refractivity contribution in [2.45, 2.75) is 25.9 Å². The molecule has 1 saturated heterocycles. The fourth-order valence-corrected chi connectivity index (χ4v) is 3.03. The fourth-order valence-electron chi connectivity index (χ4n) is 3.03. The van der Waals surface area contributed by atoms with Gasteiger partial charge in [-0.3, -0.25) is 9.69 Å². The van der Waals surface area contributed by atoms with Crippen molar-refractivity contribution in [3.63, 3.8) is 0 Å². The number of rotatable bonds is 5. The van der Waals surface area contributed by atoms with E-state index in [1.54, 1.807) is 11.9 Å². The second-order valence-corrected chi connectivity index (χ2v) is 6.07. The van der Waals surface area contributed by atoms with Crippen molar-refractivity contribution >= 4 is 5.91 Å². The van der Waals surface area contributed by atoms with Crippen LogP contribution in [0.5, 0.6) is 0 Å². The Labute approximate surface area is 135 Å². The van der Waals surface area contributed by atoms with Gasteiger partial charge in [0.15, 0.2) is 0 Å². The number of nitrogens with zero attached hydrogens (tertiary/aromatic N) is 2. The van der Waals surface area contributed by atoms with Crippen LogP contribution in [0.4, 0.5) is 0 Å². The average Bonchev–Trinajstić information content (AvgIpc) is 3.20. The van der Waals surface area contributed by atoms with Gasteiger partial charge in [-0.05, 0) is 37.1 Å². The van der Waals surface area contributed by atoms with Crippen LogP contribution in [0.2, 0.25) is 0 Å². The molecule has 1 fully saturated rings. The third kappa shape index (κ3) is 3.71. The zero-order chi connectivity index (χ0) is 16.2. The molecule has 1 amide bonds. The quantitative estimate of drug-likeness (QED) is 0.880. The van der Waals surface area contributed by atoms with Crippen molar-refractivity contribution in [1.82, 2.24) is 19.8 Å². The number of likely N-dealkylation sites (tertiary alicyclic amines) is 1. The predicted octanol–water partition coefficient (Wildman–Crippen LogP) is 1.57. The van der Waals surface area contributed by atoms with Gasteiger partial charge in [0.25, 0.3) is 5.91 Å². The Kier molecular flexibility index (Phi) is 4.62. The van der Waals surface area contributed by atoms with Crippen LogP contribution in [0.15, 0.2) is 35.3 Å². The van der Waals surface area contributed by atoms with Crippen molar-refractivity contribution in [3.05, 3.63) is 57.8 Å². The van der Waals surface area contributed by atoms with Crippen LogP contribution in [0, 0.1) is 0 Å². The number of hydrogen-bond donors (Lipinski definition) is 2. The molecule has 6 nitrogen and oxygen atoms in total. The zero-order valence-corrected chi connectivity index (χ0v) is 13.3. The van der Waals surface area contributed by atoms with Gasteiger partial charge in [-0.2, -0.15) is 0 Å². The molecule has 3 rings (SSSR count). The van der Waals surface area contributed by atoms with Crippen molar-refractivity contribution < 1.29 is 4.79 Å². The molecule has 0 unspecified atom stereocenters. The highest BCUT2D eigenvalue weighted by atomic mass is 16.2. The molecule has 1 aromatic heterocycles. The number of carbonyl (C=O) groups excluding carboxylic acids is 1. The standard InChI is InChI=1S/C17H22N4O2/c1-20(16(22)15-10-18-17(23)19-15)11-13-6-2-3-7-14(13)12-21-8-4-5-9-21/h2-3,6-7,10H,4-5,8-9,11-12H2,1H3,(H2,18,19,23). The van der Waals surface area contributed by atoms with Crippen LogP contribution in [0.1, 0.15) is 34.5 Å². The minimum atomic E-state index is -0.365. The summed E-state index contributed by atoms with van der Waals surface area (Å²) in [5.74, 6) is -0.195. The number of imidazole rings is 1. The number of H-pyrrole nitrogens is 2. The lowest BCUT2D eigenvalue weighted by atomic mass is 10.1. The van der Waals surface area contributed by atoms with Gasteiger partial charge in [0.1, 0.15) is 5.69 Å². The molecule has 2 heterocycles. The molecule has 0 bridgehead atoms. The van der Waals surface area contributed by atoms with Gasteiger partial charge in [-0.15, -0.1) is 0 Å². The van der Waals surface area contributed by atoms with Gasteiger partial charge >= 0.3 is 5.69 Å². The summed E-state index contributed by atoms with van der Waals surface area (Å²) in [6.07, 6.45) is 3.94. The van der Waals surface area contributed by atoms with Gasteiger partial charge in [0.05, 0.1) is 0 Å². The maximum absolute atomic E-state index is 12.3. The maximum Gasteiger partial charge on any atom is 0.323 e. The summed E-state index contributed by atoms with van der Waals surface area (Å²) in [7, 11) is 1.75. The van der Waals surface area contributed by atoms with E-state index in [2.05, 4.69) is 27.0 Å². The minimum absolute atomic E-state index is 0.195. The second kappa shape index (κ2) is 6.83. The summed E-state index contributed by atoms with van der Waals surface area (Å²) in [6, 6.07) is 8.23. The fraction of sp³-hybridized carbons (Fsp3) is 0.412. The molecule has 0 saturated carbocycles. The maximum atomic E-state index is 12.3. The molecular formula is C17H22N4O2. The van der Waals surface area contributed by atoms with E-state index >= 15 is 0 Å². The Hall–Kier alpha value is -2.34. The smallest absolute Gasteiger partial charge is 0.323 e. The first kappa shape index (κ1) is 15.6. The van der Waals surface area contributed by atoms with Gasteiger partial charge in [0, 0.05) is 26.3 Å². The molecule has 1 aliphatic rings. The number of aromatic nitrogens is 2. The van der Waals surface area contributed by atoms with Gasteiger partial charge in [0.2, 0.25) is 0 Å². The highest BCUT2D eigenvalue weighted by Gasteiger charge is 2.17. The molecule has 0 aliphatic carbocycles. The number of carbonyl (C=O) groups is 1. The summed E-state index contributed by atoms with van der Waals surface area (Å²) in [5.41, 5.74) is 2.33. The lowest BCUT2D eigenvalue weighted by Crippen LogP contribution is -2.28. The molecule has 122 valence electrons. The minimum Gasteiger partial charge on any atom is -0.336 e. The van der Waals surface area contributed by atoms with Crippen molar-refractivity contribution in [3.8, 4) is 0 Å². The summed E-state index contributed by atoms with van der Waals surface area (Å²) in [5, 5.41) is 0. The van der Waals surface area contributed by atoms with E-state index < -0.39 is 0 Å². The molecule has 23 heavy (non-hydrogen) atoms. The second-order valence-electron chi connectivity index (χ2n) is 6.07. The monoisotopic (exact) mass is 314 g/mol. The molecule has 1 aliphatic heterocycles. The predicted molar refractivity (Wildman–Crippen MR) is 88.2 cm³/mol. The first-order valence-corrected chi connectivity index (χ1v) is 7.96. The Morgan fingerprint density at radius 2 is 1.91 bits per heavy atom. The summed E-state index contributed by atoms with van der Waals surface area (Å²) in [4.78, 5) is 32.5. The molecule has 2 aromatic rings. The lowest BCUT2D eigenvalue weighted by molar-refractivity contribution is 0.0779. The van der Waals surface area contributed by atoms with Crippen molar-refractivity contribution in [2.75, 3.05) is 20.1 Å². The number of nitrogens with one attached hydrogen (secondary N) is 2. The van der Waals surface area contributed by atoms with E-state index in [1.165, 1.54) is 24.6 Å². The Bertz CT molecular complexity index is 728. The normalized spacial score (nSPS) is 15.0. The van der Waals surface area contributed by atoms with Crippen LogP contribution >= 0.6 is 0 Å². The van der Waals surface area contributed by atoms with Gasteiger partial charge in [-0.25, -0.2) is 4.79 Å². The van der Waals surface area contributed by atoms with E-state index in [0.29, 0.717) is 6.54 Å². The van der Waals surface area contributed by atoms with Crippen molar-refractivity contribution in [1.29, 1.82) is 0 Å². The number of amides is 1. The molecule has 2 N–H and O–H groups in total. The first-order valence-electron chi connectivity index (χ1n) is 7.96. The largest absolute Gasteiger partial charge is 0.336 e. The number of hydrogen-bond acceptors (Lipinski definition) is 3. The molecule has 6 heteroatoms. The Morgan fingerprint density at radius 1 is 1.22 bits per heavy atom. The Morgan fingerprint density at radius 3 is 2.57 bits per heavy atom. The van der Waals surface area contributed by atoms with Gasteiger partial charge in [-0.1, -0.05) is 24.3 Å². The van der Waals surface area contributed by atoms with Gasteiger partial charge < -0.3 is 14.9 Å². The van der Waals surface area contributed by atoms with Crippen LogP contribution in [0.3, 0.4) is 0 Å². The highest BCUT2D eigenvalue weighted by Crippen LogP contribution is 2.17. The van der Waals surface area contributed by atoms with Crippen LogP contribution in [-0.4, -0.2) is 45.8 Å². The van der Waals surface area contributed by atoms with Crippen LogP contribution < -0.4 is 5.69 Å². The third-order valence-corrected chi connectivity index (χ3v) is 4.29. The van der Waals surface area contributed by atoms with Crippen LogP contribution in [-0.2, 0) is 13.1 Å². The Balaban J connectivity index is 1.71. The molecule has 0 radical (unpaired) electrons. The summed E-state index contributed by atoms with van der Waals surface area (Å²) in [6.45, 7) is 3.75. The molecule has 0 spiro atoms. The number of benzene rings is 1. The van der Waals surface area contributed by atoms with E-state index in [0.717, 1.165) is 25.2 Å². The lowest BCUT2D eigenvalue weighted by Gasteiger charge is -2.21. The highest BCUT2D eigenvalue weighted by molar-refractivity contribution is 5.91. The molecule has 0 atom stereocenters. The topological polar surface area (TPSA) is 72.2 Å². The van der Waals surface area contributed by atoms with E-state index in [-0.39, 0.29) is 17.3 Å². The number of aromatic amines is 2. The first-order chi connectivity index (χ1) is 11.1. The summed E-state index contributed by atoms with van der Waals surface area (Å²) >= 11 is 0. The zero-order valence-electron chi connectivity index (χ0n) is 13.3. The summed E-state index contributed by atoms with van der Waals surface area (Å²) < 4.78 is 0. The average molecular weight is 314 g/mol. The van der Waals surface area contributed by atoms with E-state index in [1.807, 2.05) is 12.1 Å².